The molecule has 36 heavy (non-hydrogen) atoms. The van der Waals surface area contributed by atoms with Gasteiger partial charge in [-0.25, -0.2) is 0 Å². The summed E-state index contributed by atoms with van der Waals surface area (Å²) < 4.78 is 11.2. The van der Waals surface area contributed by atoms with E-state index in [2.05, 4.69) is 26.8 Å². The van der Waals surface area contributed by atoms with Crippen LogP contribution in [0.3, 0.4) is 0 Å². The Labute approximate surface area is 213 Å². The van der Waals surface area contributed by atoms with Crippen LogP contribution in [0.15, 0.2) is 23.8 Å². The number of fused-ring (bicyclic) bond motifs is 5. The van der Waals surface area contributed by atoms with Gasteiger partial charge in [0.05, 0.1) is 12.5 Å². The third-order valence-corrected chi connectivity index (χ3v) is 10.0. The number of aliphatic hydroxyl groups is 1. The van der Waals surface area contributed by atoms with Crippen molar-refractivity contribution in [1.29, 1.82) is 0 Å². The maximum atomic E-state index is 13.7. The van der Waals surface area contributed by atoms with Crippen molar-refractivity contribution in [2.75, 3.05) is 6.61 Å². The number of rotatable bonds is 7. The van der Waals surface area contributed by atoms with Gasteiger partial charge in [0.2, 0.25) is 5.78 Å². The van der Waals surface area contributed by atoms with Crippen molar-refractivity contribution in [1.82, 2.24) is 0 Å². The van der Waals surface area contributed by atoms with Gasteiger partial charge in [-0.15, -0.1) is 0 Å². The molecule has 8 atom stereocenters. The van der Waals surface area contributed by atoms with Crippen molar-refractivity contribution in [3.05, 3.63) is 23.8 Å². The highest BCUT2D eigenvalue weighted by atomic mass is 16.6. The Bertz CT molecular complexity index is 1010. The first-order valence-electron chi connectivity index (χ1n) is 13.4. The van der Waals surface area contributed by atoms with Gasteiger partial charge < -0.3 is 14.6 Å². The number of Topliss-reactive ketones (excluding diaryl/α,β-unsaturated/α-hetero) is 1. The van der Waals surface area contributed by atoms with Gasteiger partial charge in [0, 0.05) is 17.8 Å². The van der Waals surface area contributed by atoms with Crippen LogP contribution in [0, 0.1) is 34.5 Å². The first-order chi connectivity index (χ1) is 16.9. The summed E-state index contributed by atoms with van der Waals surface area (Å²) in [6.07, 6.45) is 8.57. The lowest BCUT2D eigenvalue weighted by atomic mass is 9.45. The number of carbonyl (C=O) groups excluding carboxylic acids is 4. The van der Waals surface area contributed by atoms with Crippen molar-refractivity contribution in [3.8, 4) is 0 Å². The van der Waals surface area contributed by atoms with Gasteiger partial charge in [0.1, 0.15) is 0 Å². The van der Waals surface area contributed by atoms with E-state index in [0.29, 0.717) is 31.1 Å². The van der Waals surface area contributed by atoms with E-state index in [1.807, 2.05) is 6.08 Å². The van der Waals surface area contributed by atoms with Gasteiger partial charge in [-0.2, -0.15) is 0 Å². The zero-order valence-corrected chi connectivity index (χ0v) is 22.2. The number of ether oxygens (including phenoxy) is 2. The van der Waals surface area contributed by atoms with Crippen LogP contribution in [0.1, 0.15) is 79.6 Å². The molecule has 4 rings (SSSR count). The number of allylic oxidation sites excluding steroid dienone is 4. The molecule has 0 aromatic heterocycles. The second-order valence-electron chi connectivity index (χ2n) is 11.9. The smallest absolute Gasteiger partial charge is 0.309 e. The number of esters is 2. The van der Waals surface area contributed by atoms with E-state index in [0.717, 1.165) is 19.3 Å². The summed E-state index contributed by atoms with van der Waals surface area (Å²) in [5.74, 6) is -0.449. The molecule has 0 aliphatic heterocycles. The predicted octanol–water partition coefficient (Wildman–Crippen LogP) is 4.12. The lowest BCUT2D eigenvalue weighted by molar-refractivity contribution is -0.193. The van der Waals surface area contributed by atoms with Gasteiger partial charge in [0.15, 0.2) is 18.0 Å². The Morgan fingerprint density at radius 3 is 2.53 bits per heavy atom. The predicted molar refractivity (Wildman–Crippen MR) is 133 cm³/mol. The molecule has 7 heteroatoms. The fourth-order valence-electron chi connectivity index (χ4n) is 8.15. The Morgan fingerprint density at radius 1 is 1.17 bits per heavy atom. The van der Waals surface area contributed by atoms with Crippen LogP contribution >= 0.6 is 0 Å². The van der Waals surface area contributed by atoms with Gasteiger partial charge in [0.25, 0.3) is 0 Å². The molecule has 0 heterocycles. The molecule has 0 aromatic rings. The Kier molecular flexibility index (Phi) is 7.10. The number of hydrogen-bond donors (Lipinski definition) is 1. The minimum atomic E-state index is -1.39. The molecule has 0 bridgehead atoms. The summed E-state index contributed by atoms with van der Waals surface area (Å²) in [7, 11) is 0. The molecule has 198 valence electrons. The average Bonchev–Trinajstić information content (AvgIpc) is 3.11. The van der Waals surface area contributed by atoms with E-state index in [1.54, 1.807) is 13.0 Å². The lowest BCUT2D eigenvalue weighted by Crippen LogP contribution is -2.60. The molecular formula is C29H40O7. The van der Waals surface area contributed by atoms with Crippen LogP contribution < -0.4 is 0 Å². The molecule has 4 aliphatic carbocycles. The second-order valence-corrected chi connectivity index (χ2v) is 11.9. The van der Waals surface area contributed by atoms with Gasteiger partial charge >= 0.3 is 11.9 Å². The number of ketones is 2. The number of hydrogen-bond acceptors (Lipinski definition) is 7. The molecular weight excluding hydrogens is 460 g/mol. The van der Waals surface area contributed by atoms with Crippen LogP contribution in [-0.4, -0.2) is 46.9 Å². The van der Waals surface area contributed by atoms with E-state index in [9.17, 15) is 24.3 Å². The van der Waals surface area contributed by atoms with E-state index < -0.39 is 35.7 Å². The molecule has 0 amide bonds. The van der Waals surface area contributed by atoms with Crippen LogP contribution in [0.4, 0.5) is 0 Å². The maximum Gasteiger partial charge on any atom is 0.309 e. The van der Waals surface area contributed by atoms with Crippen molar-refractivity contribution in [2.24, 2.45) is 34.5 Å². The summed E-state index contributed by atoms with van der Waals surface area (Å²) in [5.41, 5.74) is -0.993. The summed E-state index contributed by atoms with van der Waals surface area (Å²) >= 11 is 0. The minimum absolute atomic E-state index is 0.0468. The fraction of sp³-hybridized carbons (Fsp3) is 0.724. The molecule has 7 nitrogen and oxygen atoms in total. The SMILES string of the molecule is CCC(O)CC(=O)O[C@]1(C(=O)COC(C)=O)CC[C@H]2[C@@H]3C[C@H](C)C4=CC(=O)C=C[C@]4(C)[C@H]3CC[C@@]21C. The lowest BCUT2D eigenvalue weighted by Gasteiger charge is -2.59. The van der Waals surface area contributed by atoms with Gasteiger partial charge in [-0.05, 0) is 74.3 Å². The topological polar surface area (TPSA) is 107 Å². The zero-order valence-electron chi connectivity index (χ0n) is 22.2. The van der Waals surface area contributed by atoms with Crippen molar-refractivity contribution < 1.29 is 33.8 Å². The van der Waals surface area contributed by atoms with E-state index in [4.69, 9.17) is 9.47 Å². The zero-order chi connectivity index (χ0) is 26.5. The number of carbonyl (C=O) groups is 4. The average molecular weight is 501 g/mol. The third-order valence-electron chi connectivity index (χ3n) is 10.0. The summed E-state index contributed by atoms with van der Waals surface area (Å²) in [5, 5.41) is 10.0. The van der Waals surface area contributed by atoms with Gasteiger partial charge in [-0.1, -0.05) is 39.3 Å². The van der Waals surface area contributed by atoms with Crippen molar-refractivity contribution in [3.63, 3.8) is 0 Å². The Morgan fingerprint density at radius 2 is 1.86 bits per heavy atom. The maximum absolute atomic E-state index is 13.7. The first-order valence-corrected chi connectivity index (χ1v) is 13.4. The quantitative estimate of drug-likeness (QED) is 0.524. The summed E-state index contributed by atoms with van der Waals surface area (Å²) in [4.78, 5) is 50.3. The molecule has 0 spiro atoms. The first kappa shape index (κ1) is 26.8. The van der Waals surface area contributed by atoms with E-state index in [-0.39, 0.29) is 35.2 Å². The molecule has 1 unspecified atom stereocenters. The van der Waals surface area contributed by atoms with E-state index in [1.165, 1.54) is 12.5 Å². The van der Waals surface area contributed by atoms with Crippen LogP contribution in [0.5, 0.6) is 0 Å². The molecule has 0 aromatic carbocycles. The van der Waals surface area contributed by atoms with Crippen LogP contribution in [0.2, 0.25) is 0 Å². The molecule has 4 aliphatic rings. The Hall–Kier alpha value is -2.28. The van der Waals surface area contributed by atoms with Crippen LogP contribution in [0.25, 0.3) is 0 Å². The summed E-state index contributed by atoms with van der Waals surface area (Å²) in [6.45, 7) is 9.09. The molecule has 3 saturated carbocycles. The number of aliphatic hydroxyl groups excluding tert-OH is 1. The minimum Gasteiger partial charge on any atom is -0.458 e. The Balaban J connectivity index is 1.69. The highest BCUT2D eigenvalue weighted by Gasteiger charge is 2.69. The highest BCUT2D eigenvalue weighted by molar-refractivity contribution is 6.01. The molecule has 3 fully saturated rings. The molecule has 1 N–H and O–H groups in total. The molecule has 0 radical (unpaired) electrons. The van der Waals surface area contributed by atoms with Crippen molar-refractivity contribution in [2.45, 2.75) is 91.3 Å². The second kappa shape index (κ2) is 9.55. The largest absolute Gasteiger partial charge is 0.458 e. The normalized spacial score (nSPS) is 39.8. The standard InChI is InChI=1S/C29H40O7/c1-6-19(31)15-26(34)36-29(25(33)16-35-18(3)30)12-9-23-21-13-17(2)24-14-20(32)7-10-27(24,4)22(21)8-11-28(23,29)5/h7,10,14,17,19,21-23,31H,6,8-9,11-13,15-16H2,1-5H3/t17-,19?,21+,22-,23-,27+,28-,29-/m0/s1. The van der Waals surface area contributed by atoms with Gasteiger partial charge in [-0.3, -0.25) is 19.2 Å². The van der Waals surface area contributed by atoms with Crippen molar-refractivity contribution >= 4 is 23.5 Å². The van der Waals surface area contributed by atoms with Crippen LogP contribution in [-0.2, 0) is 28.7 Å². The fourth-order valence-corrected chi connectivity index (χ4v) is 8.15. The highest BCUT2D eigenvalue weighted by Crippen LogP contribution is 2.68. The van der Waals surface area contributed by atoms with E-state index >= 15 is 0 Å². The monoisotopic (exact) mass is 500 g/mol. The summed E-state index contributed by atoms with van der Waals surface area (Å²) in [6, 6.07) is 0. The molecule has 0 saturated heterocycles. The third kappa shape index (κ3) is 4.17.